The van der Waals surface area contributed by atoms with Crippen molar-refractivity contribution in [1.29, 1.82) is 0 Å². The molecule has 1 heterocycles. The lowest BCUT2D eigenvalue weighted by molar-refractivity contribution is -0.125. The van der Waals surface area contributed by atoms with Crippen molar-refractivity contribution in [2.24, 2.45) is 16.1 Å². The number of carbonyl (C=O) groups excluding carboxylic acids is 1. The van der Waals surface area contributed by atoms with Crippen LogP contribution in [0.15, 0.2) is 10.4 Å². The van der Waals surface area contributed by atoms with E-state index < -0.39 is 5.41 Å². The van der Waals surface area contributed by atoms with Gasteiger partial charge in [0.1, 0.15) is 0 Å². The molecular weight excluding hydrogens is 286 g/mol. The van der Waals surface area contributed by atoms with Crippen molar-refractivity contribution in [2.45, 2.75) is 34.1 Å². The summed E-state index contributed by atoms with van der Waals surface area (Å²) in [5.74, 6) is 0.346. The second-order valence-corrected chi connectivity index (χ2v) is 6.54. The Balaban J connectivity index is 2.50. The topological polar surface area (TPSA) is 92.4 Å². The van der Waals surface area contributed by atoms with E-state index in [9.17, 15) is 4.79 Å². The number of aryl methyl sites for hydroxylation is 1. The number of nitrogens with zero attached hydrogens (tertiary/aromatic N) is 2. The van der Waals surface area contributed by atoms with Crippen LogP contribution in [0.25, 0.3) is 0 Å². The van der Waals surface area contributed by atoms with Crippen molar-refractivity contribution < 1.29 is 4.79 Å². The number of guanidine groups is 1. The summed E-state index contributed by atoms with van der Waals surface area (Å²) in [7, 11) is 0. The third kappa shape index (κ3) is 6.12. The molecule has 0 saturated heterocycles. The fraction of sp³-hybridized carbons (Fsp3) is 0.643. The van der Waals surface area contributed by atoms with Gasteiger partial charge in [-0.3, -0.25) is 9.79 Å². The first kappa shape index (κ1) is 17.4. The summed E-state index contributed by atoms with van der Waals surface area (Å²) in [6.07, 6.45) is 0.841. The number of amides is 1. The number of hydrogen-bond acceptors (Lipinski definition) is 4. The number of nitrogens with two attached hydrogens (primary N) is 1. The van der Waals surface area contributed by atoms with E-state index in [1.165, 1.54) is 0 Å². The van der Waals surface area contributed by atoms with Crippen molar-refractivity contribution in [2.75, 3.05) is 19.6 Å². The molecule has 4 N–H and O–H groups in total. The van der Waals surface area contributed by atoms with Gasteiger partial charge in [-0.15, -0.1) is 11.3 Å². The molecule has 0 atom stereocenters. The molecule has 0 saturated carbocycles. The van der Waals surface area contributed by atoms with E-state index in [4.69, 9.17) is 5.73 Å². The van der Waals surface area contributed by atoms with Crippen LogP contribution in [0.2, 0.25) is 0 Å². The van der Waals surface area contributed by atoms with Gasteiger partial charge in [0.2, 0.25) is 5.91 Å². The second kappa shape index (κ2) is 7.97. The molecule has 0 unspecified atom stereocenters. The fourth-order valence-electron chi connectivity index (χ4n) is 1.53. The molecule has 6 nitrogen and oxygen atoms in total. The maximum Gasteiger partial charge on any atom is 0.224 e. The number of rotatable bonds is 7. The van der Waals surface area contributed by atoms with Gasteiger partial charge in [0.25, 0.3) is 0 Å². The fourth-order valence-corrected chi connectivity index (χ4v) is 2.18. The first-order chi connectivity index (χ1) is 9.85. The molecule has 1 aromatic rings. The van der Waals surface area contributed by atoms with Crippen molar-refractivity contribution in [1.82, 2.24) is 15.6 Å². The molecule has 1 amide bonds. The Morgan fingerprint density at radius 3 is 2.71 bits per heavy atom. The lowest BCUT2D eigenvalue weighted by Gasteiger charge is -2.19. The maximum absolute atomic E-state index is 11.3. The van der Waals surface area contributed by atoms with Gasteiger partial charge in [0.15, 0.2) is 5.96 Å². The van der Waals surface area contributed by atoms with E-state index in [0.717, 1.165) is 30.2 Å². The minimum atomic E-state index is -0.644. The smallest absolute Gasteiger partial charge is 0.224 e. The van der Waals surface area contributed by atoms with Crippen LogP contribution in [-0.4, -0.2) is 36.5 Å². The van der Waals surface area contributed by atoms with E-state index in [1.54, 1.807) is 25.2 Å². The number of primary amides is 1. The Bertz CT molecular complexity index is 495. The molecule has 0 aliphatic rings. The van der Waals surface area contributed by atoms with Crippen molar-refractivity contribution >= 4 is 23.2 Å². The third-order valence-corrected chi connectivity index (χ3v) is 3.81. The summed E-state index contributed by atoms with van der Waals surface area (Å²) in [4.78, 5) is 20.1. The normalized spacial score (nSPS) is 12.3. The quantitative estimate of drug-likeness (QED) is 0.518. The molecule has 21 heavy (non-hydrogen) atoms. The standard InChI is InChI=1S/C14H25N5OS/c1-5-16-13(18-9-14(3,4)12(15)20)17-7-6-11-8-21-10(2)19-11/h8H,5-7,9H2,1-4H3,(H2,15,20)(H2,16,17,18). The molecule has 7 heteroatoms. The van der Waals surface area contributed by atoms with Crippen molar-refractivity contribution in [3.63, 3.8) is 0 Å². The van der Waals surface area contributed by atoms with Gasteiger partial charge in [-0.25, -0.2) is 4.98 Å². The maximum atomic E-state index is 11.3. The first-order valence-electron chi connectivity index (χ1n) is 7.08. The Hall–Kier alpha value is -1.63. The van der Waals surface area contributed by atoms with Gasteiger partial charge in [0, 0.05) is 24.9 Å². The highest BCUT2D eigenvalue weighted by atomic mass is 32.1. The molecule has 0 spiro atoms. The summed E-state index contributed by atoms with van der Waals surface area (Å²) in [6.45, 7) is 9.44. The minimum Gasteiger partial charge on any atom is -0.369 e. The van der Waals surface area contributed by atoms with Crippen LogP contribution in [-0.2, 0) is 11.2 Å². The van der Waals surface area contributed by atoms with E-state index in [1.807, 2.05) is 13.8 Å². The van der Waals surface area contributed by atoms with Crippen LogP contribution in [0.1, 0.15) is 31.5 Å². The predicted octanol–water partition coefficient (Wildman–Crippen LogP) is 1.06. The summed E-state index contributed by atoms with van der Waals surface area (Å²) >= 11 is 1.65. The first-order valence-corrected chi connectivity index (χ1v) is 7.96. The van der Waals surface area contributed by atoms with Crippen molar-refractivity contribution in [3.05, 3.63) is 16.1 Å². The average molecular weight is 311 g/mol. The summed E-state index contributed by atoms with van der Waals surface area (Å²) < 4.78 is 0. The number of carbonyl (C=O) groups is 1. The van der Waals surface area contributed by atoms with E-state index in [2.05, 4.69) is 26.0 Å². The molecular formula is C14H25N5OS. The zero-order valence-electron chi connectivity index (χ0n) is 13.2. The molecule has 118 valence electrons. The van der Waals surface area contributed by atoms with E-state index in [-0.39, 0.29) is 5.91 Å². The Morgan fingerprint density at radius 1 is 1.48 bits per heavy atom. The van der Waals surface area contributed by atoms with Crippen LogP contribution < -0.4 is 16.4 Å². The highest BCUT2D eigenvalue weighted by Gasteiger charge is 2.24. The van der Waals surface area contributed by atoms with Gasteiger partial charge >= 0.3 is 0 Å². The molecule has 0 aliphatic carbocycles. The highest BCUT2D eigenvalue weighted by Crippen LogP contribution is 2.13. The zero-order valence-corrected chi connectivity index (χ0v) is 14.0. The largest absolute Gasteiger partial charge is 0.369 e. The third-order valence-electron chi connectivity index (χ3n) is 2.98. The number of thiazole rings is 1. The second-order valence-electron chi connectivity index (χ2n) is 5.48. The van der Waals surface area contributed by atoms with Gasteiger partial charge in [-0.2, -0.15) is 0 Å². The number of hydrogen-bond donors (Lipinski definition) is 3. The zero-order chi connectivity index (χ0) is 15.9. The molecule has 0 fully saturated rings. The van der Waals surface area contributed by atoms with E-state index in [0.29, 0.717) is 12.5 Å². The lowest BCUT2D eigenvalue weighted by atomic mass is 9.93. The Morgan fingerprint density at radius 2 is 2.19 bits per heavy atom. The Labute approximate surface area is 130 Å². The SMILES string of the molecule is CCNC(=NCC(C)(C)C(N)=O)NCCc1csc(C)n1. The summed E-state index contributed by atoms with van der Waals surface area (Å²) in [6, 6.07) is 0. The van der Waals surface area contributed by atoms with Crippen LogP contribution in [0.3, 0.4) is 0 Å². The van der Waals surface area contributed by atoms with Crippen LogP contribution in [0, 0.1) is 12.3 Å². The predicted molar refractivity (Wildman–Crippen MR) is 87.5 cm³/mol. The molecule has 0 radical (unpaired) electrons. The van der Waals surface area contributed by atoms with Gasteiger partial charge < -0.3 is 16.4 Å². The van der Waals surface area contributed by atoms with Crippen LogP contribution in [0.4, 0.5) is 0 Å². The summed E-state index contributed by atoms with van der Waals surface area (Å²) in [5, 5.41) is 9.54. The molecule has 1 rings (SSSR count). The number of aliphatic imine (C=N–C) groups is 1. The highest BCUT2D eigenvalue weighted by molar-refractivity contribution is 7.09. The molecule has 0 bridgehead atoms. The van der Waals surface area contributed by atoms with Gasteiger partial charge in [0.05, 0.1) is 22.7 Å². The monoisotopic (exact) mass is 311 g/mol. The average Bonchev–Trinajstić information content (AvgIpc) is 2.81. The van der Waals surface area contributed by atoms with Crippen molar-refractivity contribution in [3.8, 4) is 0 Å². The number of aromatic nitrogens is 1. The van der Waals surface area contributed by atoms with Crippen LogP contribution >= 0.6 is 11.3 Å². The summed E-state index contributed by atoms with van der Waals surface area (Å²) in [5.41, 5.74) is 5.79. The lowest BCUT2D eigenvalue weighted by Crippen LogP contribution is -2.40. The number of nitrogens with one attached hydrogen (secondary N) is 2. The minimum absolute atomic E-state index is 0.347. The van der Waals surface area contributed by atoms with Crippen LogP contribution in [0.5, 0.6) is 0 Å². The van der Waals surface area contributed by atoms with Gasteiger partial charge in [-0.1, -0.05) is 0 Å². The van der Waals surface area contributed by atoms with E-state index >= 15 is 0 Å². The molecule has 0 aliphatic heterocycles. The molecule has 1 aromatic heterocycles. The Kier molecular flexibility index (Phi) is 6.61. The molecule has 0 aromatic carbocycles. The van der Waals surface area contributed by atoms with Gasteiger partial charge in [-0.05, 0) is 27.7 Å².